The Hall–Kier alpha value is -3.10. The van der Waals surface area contributed by atoms with Crippen LogP contribution in [-0.4, -0.2) is 68.5 Å². The molecule has 3 rings (SSSR count). The van der Waals surface area contributed by atoms with Gasteiger partial charge in [-0.15, -0.1) is 11.6 Å². The maximum atomic E-state index is 13.6. The Morgan fingerprint density at radius 2 is 1.76 bits per heavy atom. The van der Waals surface area contributed by atoms with Crippen LogP contribution in [0.2, 0.25) is 0 Å². The normalized spacial score (nSPS) is 19.3. The molecule has 8 nitrogen and oxygen atoms in total. The van der Waals surface area contributed by atoms with Gasteiger partial charge in [0.1, 0.15) is 11.8 Å². The SMILES string of the molecule is Cc1ccc(O)c(C)c1C(=O)N[C@@H](Cc1ccccc1)[C@H](O)C(=O)N1C[C@@H](Cl)C[C@H]1C(=O)NC(C)(C)C. The van der Waals surface area contributed by atoms with Crippen LogP contribution in [0.4, 0.5) is 0 Å². The second-order valence-electron chi connectivity index (χ2n) is 10.7. The van der Waals surface area contributed by atoms with Crippen molar-refractivity contribution in [3.8, 4) is 5.75 Å². The summed E-state index contributed by atoms with van der Waals surface area (Å²) in [6, 6.07) is 10.5. The van der Waals surface area contributed by atoms with E-state index < -0.39 is 40.9 Å². The third-order valence-electron chi connectivity index (χ3n) is 6.45. The number of halogens is 1. The van der Waals surface area contributed by atoms with Crippen molar-refractivity contribution in [1.82, 2.24) is 15.5 Å². The van der Waals surface area contributed by atoms with E-state index in [0.29, 0.717) is 11.1 Å². The number of aromatic hydroxyl groups is 1. The molecule has 0 aromatic heterocycles. The van der Waals surface area contributed by atoms with Gasteiger partial charge in [-0.2, -0.15) is 0 Å². The molecule has 0 spiro atoms. The van der Waals surface area contributed by atoms with E-state index in [-0.39, 0.29) is 36.6 Å². The van der Waals surface area contributed by atoms with E-state index in [0.717, 1.165) is 5.56 Å². The molecule has 200 valence electrons. The number of rotatable bonds is 7. The molecule has 1 saturated heterocycles. The predicted molar refractivity (Wildman–Crippen MR) is 143 cm³/mol. The number of aryl methyl sites for hydroxylation is 1. The van der Waals surface area contributed by atoms with E-state index in [9.17, 15) is 24.6 Å². The number of benzene rings is 2. The minimum Gasteiger partial charge on any atom is -0.508 e. The summed E-state index contributed by atoms with van der Waals surface area (Å²) in [4.78, 5) is 41.1. The summed E-state index contributed by atoms with van der Waals surface area (Å²) in [5.41, 5.74) is 1.64. The summed E-state index contributed by atoms with van der Waals surface area (Å²) >= 11 is 6.34. The smallest absolute Gasteiger partial charge is 0.254 e. The Morgan fingerprint density at radius 1 is 1.11 bits per heavy atom. The van der Waals surface area contributed by atoms with Crippen LogP contribution in [0.15, 0.2) is 42.5 Å². The molecule has 1 fully saturated rings. The fourth-order valence-electron chi connectivity index (χ4n) is 4.61. The number of aliphatic hydroxyl groups excluding tert-OH is 1. The van der Waals surface area contributed by atoms with E-state index >= 15 is 0 Å². The molecule has 0 saturated carbocycles. The lowest BCUT2D eigenvalue weighted by Gasteiger charge is -2.32. The number of amides is 3. The fraction of sp³-hybridized carbons (Fsp3) is 0.464. The third kappa shape index (κ3) is 7.02. The van der Waals surface area contributed by atoms with Crippen LogP contribution in [0.3, 0.4) is 0 Å². The Balaban J connectivity index is 1.89. The van der Waals surface area contributed by atoms with Gasteiger partial charge in [-0.3, -0.25) is 14.4 Å². The van der Waals surface area contributed by atoms with Crippen molar-refractivity contribution in [2.24, 2.45) is 0 Å². The lowest BCUT2D eigenvalue weighted by molar-refractivity contribution is -0.146. The van der Waals surface area contributed by atoms with Crippen molar-refractivity contribution in [3.63, 3.8) is 0 Å². The molecular formula is C28H36ClN3O5. The summed E-state index contributed by atoms with van der Waals surface area (Å²) in [6.07, 6.45) is -1.19. The fourth-order valence-corrected chi connectivity index (χ4v) is 4.92. The molecule has 2 aromatic carbocycles. The predicted octanol–water partition coefficient (Wildman–Crippen LogP) is 2.83. The molecule has 3 amide bonds. The van der Waals surface area contributed by atoms with Gasteiger partial charge in [-0.1, -0.05) is 36.4 Å². The molecule has 4 atom stereocenters. The number of hydrogen-bond acceptors (Lipinski definition) is 5. The van der Waals surface area contributed by atoms with Crippen LogP contribution in [0.5, 0.6) is 5.75 Å². The maximum Gasteiger partial charge on any atom is 0.254 e. The van der Waals surface area contributed by atoms with Crippen molar-refractivity contribution in [2.75, 3.05) is 6.54 Å². The van der Waals surface area contributed by atoms with Gasteiger partial charge < -0.3 is 25.7 Å². The Kier molecular flexibility index (Phi) is 8.87. The number of nitrogens with one attached hydrogen (secondary N) is 2. The summed E-state index contributed by atoms with van der Waals surface area (Å²) in [5, 5.41) is 26.7. The summed E-state index contributed by atoms with van der Waals surface area (Å²) < 4.78 is 0. The second-order valence-corrected chi connectivity index (χ2v) is 11.3. The van der Waals surface area contributed by atoms with Crippen LogP contribution < -0.4 is 10.6 Å². The lowest BCUT2D eigenvalue weighted by Crippen LogP contribution is -2.57. The number of hydrogen-bond donors (Lipinski definition) is 4. The molecule has 4 N–H and O–H groups in total. The molecule has 9 heteroatoms. The molecular weight excluding hydrogens is 494 g/mol. The number of likely N-dealkylation sites (tertiary alicyclic amines) is 1. The first-order chi connectivity index (χ1) is 17.3. The number of nitrogens with zero attached hydrogens (tertiary/aromatic N) is 1. The highest BCUT2D eigenvalue weighted by Gasteiger charge is 2.43. The van der Waals surface area contributed by atoms with Crippen molar-refractivity contribution >= 4 is 29.3 Å². The summed E-state index contributed by atoms with van der Waals surface area (Å²) in [7, 11) is 0. The number of alkyl halides is 1. The quantitative estimate of drug-likeness (QED) is 0.411. The molecule has 2 aromatic rings. The van der Waals surface area contributed by atoms with Gasteiger partial charge in [0, 0.05) is 23.2 Å². The third-order valence-corrected chi connectivity index (χ3v) is 6.77. The van der Waals surface area contributed by atoms with Crippen molar-refractivity contribution in [2.45, 2.75) is 76.6 Å². The second kappa shape index (κ2) is 11.5. The first kappa shape index (κ1) is 28.5. The highest BCUT2D eigenvalue weighted by Crippen LogP contribution is 2.26. The van der Waals surface area contributed by atoms with Crippen molar-refractivity contribution < 1.29 is 24.6 Å². The van der Waals surface area contributed by atoms with E-state index in [4.69, 9.17) is 11.6 Å². The van der Waals surface area contributed by atoms with Crippen LogP contribution in [0.25, 0.3) is 0 Å². The summed E-state index contributed by atoms with van der Waals surface area (Å²) in [6.45, 7) is 9.02. The van der Waals surface area contributed by atoms with Gasteiger partial charge in [0.15, 0.2) is 6.10 Å². The van der Waals surface area contributed by atoms with E-state index in [1.807, 2.05) is 51.1 Å². The Bertz CT molecular complexity index is 1150. The number of phenols is 1. The first-order valence-corrected chi connectivity index (χ1v) is 12.8. The molecule has 0 bridgehead atoms. The maximum absolute atomic E-state index is 13.6. The summed E-state index contributed by atoms with van der Waals surface area (Å²) in [5.74, 6) is -1.56. The zero-order chi connectivity index (χ0) is 27.5. The Morgan fingerprint density at radius 3 is 2.38 bits per heavy atom. The van der Waals surface area contributed by atoms with Crippen LogP contribution >= 0.6 is 11.6 Å². The number of carbonyl (C=O) groups excluding carboxylic acids is 3. The minimum absolute atomic E-state index is 0.0232. The zero-order valence-electron chi connectivity index (χ0n) is 21.9. The number of phenolic OH excluding ortho intramolecular Hbond substituents is 1. The van der Waals surface area contributed by atoms with E-state index in [2.05, 4.69) is 10.6 Å². The first-order valence-electron chi connectivity index (χ1n) is 12.4. The minimum atomic E-state index is -1.63. The van der Waals surface area contributed by atoms with Gasteiger partial charge >= 0.3 is 0 Å². The van der Waals surface area contributed by atoms with Crippen molar-refractivity contribution in [1.29, 1.82) is 0 Å². The Labute approximate surface area is 223 Å². The lowest BCUT2D eigenvalue weighted by atomic mass is 9.97. The van der Waals surface area contributed by atoms with Gasteiger partial charge in [0.2, 0.25) is 5.91 Å². The van der Waals surface area contributed by atoms with Crippen molar-refractivity contribution in [3.05, 3.63) is 64.7 Å². The molecule has 0 radical (unpaired) electrons. The molecule has 37 heavy (non-hydrogen) atoms. The highest BCUT2D eigenvalue weighted by molar-refractivity contribution is 6.21. The highest BCUT2D eigenvalue weighted by atomic mass is 35.5. The molecule has 0 unspecified atom stereocenters. The average molecular weight is 530 g/mol. The monoisotopic (exact) mass is 529 g/mol. The standard InChI is InChI=1S/C28H36ClN3O5/c1-16-11-12-22(33)17(2)23(16)26(36)30-20(13-18-9-7-6-8-10-18)24(34)27(37)32-15-19(29)14-21(32)25(35)31-28(3,4)5/h6-12,19-21,24,33-34H,13-15H2,1-5H3,(H,30,36)(H,31,35)/t19-,20-,21-,24-/m0/s1. The average Bonchev–Trinajstić information content (AvgIpc) is 3.22. The van der Waals surface area contributed by atoms with Gasteiger partial charge in [0.25, 0.3) is 11.8 Å². The van der Waals surface area contributed by atoms with Crippen LogP contribution in [-0.2, 0) is 16.0 Å². The molecule has 1 aliphatic rings. The van der Waals surface area contributed by atoms with E-state index in [1.165, 1.54) is 11.0 Å². The van der Waals surface area contributed by atoms with E-state index in [1.54, 1.807) is 19.9 Å². The van der Waals surface area contributed by atoms with Crippen LogP contribution in [0.1, 0.15) is 54.2 Å². The largest absolute Gasteiger partial charge is 0.508 e. The molecule has 1 aliphatic heterocycles. The van der Waals surface area contributed by atoms with Gasteiger partial charge in [-0.25, -0.2) is 0 Å². The van der Waals surface area contributed by atoms with Gasteiger partial charge in [-0.05, 0) is 64.7 Å². The zero-order valence-corrected chi connectivity index (χ0v) is 22.7. The number of aliphatic hydroxyl groups is 1. The molecule has 0 aliphatic carbocycles. The van der Waals surface area contributed by atoms with Crippen LogP contribution in [0, 0.1) is 13.8 Å². The number of carbonyl (C=O) groups is 3. The molecule has 1 heterocycles. The van der Waals surface area contributed by atoms with Gasteiger partial charge in [0.05, 0.1) is 11.4 Å². The topological polar surface area (TPSA) is 119 Å².